The second-order valence-corrected chi connectivity index (χ2v) is 6.70. The molecule has 8 nitrogen and oxygen atoms in total. The lowest BCUT2D eigenvalue weighted by Gasteiger charge is -2.17. The summed E-state index contributed by atoms with van der Waals surface area (Å²) in [5.74, 6) is 0.547. The third-order valence-electron chi connectivity index (χ3n) is 4.53. The van der Waals surface area contributed by atoms with Crippen molar-refractivity contribution in [2.24, 2.45) is 5.92 Å². The largest absolute Gasteiger partial charge is 0.497 e. The SMILES string of the molecule is COc1ccc(N2CC(CNC(=O)Nc3ccccc3OC(C)=O)CC2=O)cc1. The van der Waals surface area contributed by atoms with Crippen LogP contribution in [0.1, 0.15) is 13.3 Å². The zero-order chi connectivity index (χ0) is 20.8. The van der Waals surface area contributed by atoms with Crippen LogP contribution in [0.4, 0.5) is 16.2 Å². The van der Waals surface area contributed by atoms with E-state index in [2.05, 4.69) is 10.6 Å². The van der Waals surface area contributed by atoms with Gasteiger partial charge in [0.25, 0.3) is 0 Å². The van der Waals surface area contributed by atoms with E-state index < -0.39 is 12.0 Å². The summed E-state index contributed by atoms with van der Waals surface area (Å²) in [5, 5.41) is 5.44. The summed E-state index contributed by atoms with van der Waals surface area (Å²) in [6, 6.07) is 13.5. The lowest BCUT2D eigenvalue weighted by molar-refractivity contribution is -0.131. The average Bonchev–Trinajstić information content (AvgIpc) is 3.08. The highest BCUT2D eigenvalue weighted by atomic mass is 16.5. The van der Waals surface area contributed by atoms with E-state index >= 15 is 0 Å². The van der Waals surface area contributed by atoms with E-state index in [0.717, 1.165) is 11.4 Å². The van der Waals surface area contributed by atoms with Crippen molar-refractivity contribution in [1.29, 1.82) is 0 Å². The molecule has 0 spiro atoms. The molecule has 1 aliphatic rings. The summed E-state index contributed by atoms with van der Waals surface area (Å²) in [6.45, 7) is 2.16. The van der Waals surface area contributed by atoms with E-state index in [-0.39, 0.29) is 17.6 Å². The predicted molar refractivity (Wildman–Crippen MR) is 108 cm³/mol. The Morgan fingerprint density at radius 2 is 1.86 bits per heavy atom. The topological polar surface area (TPSA) is 97.0 Å². The highest BCUT2D eigenvalue weighted by Gasteiger charge is 2.30. The molecule has 1 unspecified atom stereocenters. The highest BCUT2D eigenvalue weighted by Crippen LogP contribution is 2.27. The van der Waals surface area contributed by atoms with Gasteiger partial charge < -0.3 is 25.0 Å². The molecule has 2 aromatic carbocycles. The van der Waals surface area contributed by atoms with Crippen LogP contribution in [0, 0.1) is 5.92 Å². The number of benzene rings is 2. The summed E-state index contributed by atoms with van der Waals surface area (Å²) >= 11 is 0. The van der Waals surface area contributed by atoms with Gasteiger partial charge in [-0.25, -0.2) is 4.79 Å². The summed E-state index contributed by atoms with van der Waals surface area (Å²) in [7, 11) is 1.59. The van der Waals surface area contributed by atoms with E-state index in [0.29, 0.717) is 25.2 Å². The highest BCUT2D eigenvalue weighted by molar-refractivity contribution is 5.96. The molecule has 152 valence electrons. The molecular formula is C21H23N3O5. The summed E-state index contributed by atoms with van der Waals surface area (Å²) in [4.78, 5) is 37.5. The first-order chi connectivity index (χ1) is 14.0. The molecule has 0 aliphatic carbocycles. The molecule has 3 rings (SSSR count). The third kappa shape index (κ3) is 5.25. The lowest BCUT2D eigenvalue weighted by Crippen LogP contribution is -2.34. The number of rotatable bonds is 6. The first-order valence-electron chi connectivity index (χ1n) is 9.23. The number of methoxy groups -OCH3 is 1. The van der Waals surface area contributed by atoms with Gasteiger partial charge in [0, 0.05) is 38.0 Å². The average molecular weight is 397 g/mol. The lowest BCUT2D eigenvalue weighted by atomic mass is 10.1. The number of hydrogen-bond acceptors (Lipinski definition) is 5. The number of carbonyl (C=O) groups excluding carboxylic acids is 3. The second kappa shape index (κ2) is 9.09. The van der Waals surface area contributed by atoms with Crippen molar-refractivity contribution in [2.45, 2.75) is 13.3 Å². The molecule has 1 saturated heterocycles. The van der Waals surface area contributed by atoms with Crippen molar-refractivity contribution < 1.29 is 23.9 Å². The quantitative estimate of drug-likeness (QED) is 0.577. The fraction of sp³-hybridized carbons (Fsp3) is 0.286. The molecule has 0 aromatic heterocycles. The van der Waals surface area contributed by atoms with Gasteiger partial charge in [0.2, 0.25) is 5.91 Å². The minimum atomic E-state index is -0.470. The van der Waals surface area contributed by atoms with Crippen LogP contribution in [0.3, 0.4) is 0 Å². The van der Waals surface area contributed by atoms with E-state index in [1.54, 1.807) is 36.3 Å². The van der Waals surface area contributed by atoms with Crippen LogP contribution >= 0.6 is 0 Å². The van der Waals surface area contributed by atoms with E-state index in [1.807, 2.05) is 24.3 Å². The molecule has 0 bridgehead atoms. The van der Waals surface area contributed by atoms with Crippen LogP contribution in [0.25, 0.3) is 0 Å². The van der Waals surface area contributed by atoms with Gasteiger partial charge in [0.1, 0.15) is 5.75 Å². The molecule has 3 amide bonds. The predicted octanol–water partition coefficient (Wildman–Crippen LogP) is 2.80. The summed E-state index contributed by atoms with van der Waals surface area (Å²) < 4.78 is 10.2. The Hall–Kier alpha value is -3.55. The molecule has 2 aromatic rings. The minimum absolute atomic E-state index is 0.000866. The molecule has 29 heavy (non-hydrogen) atoms. The van der Waals surface area contributed by atoms with Gasteiger partial charge in [-0.2, -0.15) is 0 Å². The van der Waals surface area contributed by atoms with Crippen LogP contribution in [-0.4, -0.2) is 38.1 Å². The smallest absolute Gasteiger partial charge is 0.319 e. The van der Waals surface area contributed by atoms with Crippen LogP contribution in [-0.2, 0) is 9.59 Å². The zero-order valence-corrected chi connectivity index (χ0v) is 16.3. The number of esters is 1. The maximum absolute atomic E-state index is 12.3. The van der Waals surface area contributed by atoms with Crippen molar-refractivity contribution in [3.05, 3.63) is 48.5 Å². The Bertz CT molecular complexity index is 897. The van der Waals surface area contributed by atoms with Crippen molar-refractivity contribution in [3.8, 4) is 11.5 Å². The zero-order valence-electron chi connectivity index (χ0n) is 16.3. The number of hydrogen-bond donors (Lipinski definition) is 2. The van der Waals surface area contributed by atoms with Gasteiger partial charge in [0.15, 0.2) is 5.75 Å². The first-order valence-corrected chi connectivity index (χ1v) is 9.23. The van der Waals surface area contributed by atoms with Crippen LogP contribution in [0.15, 0.2) is 48.5 Å². The summed E-state index contributed by atoms with van der Waals surface area (Å²) in [5.41, 5.74) is 1.20. The van der Waals surface area contributed by atoms with Gasteiger partial charge in [-0.1, -0.05) is 12.1 Å². The normalized spacial score (nSPS) is 15.7. The molecule has 8 heteroatoms. The van der Waals surface area contributed by atoms with Crippen LogP contribution in [0.5, 0.6) is 11.5 Å². The Morgan fingerprint density at radius 1 is 1.14 bits per heavy atom. The number of carbonyl (C=O) groups is 3. The van der Waals surface area contributed by atoms with E-state index in [9.17, 15) is 14.4 Å². The molecule has 1 fully saturated rings. The molecule has 1 aliphatic heterocycles. The van der Waals surface area contributed by atoms with Crippen molar-refractivity contribution in [1.82, 2.24) is 5.32 Å². The Balaban J connectivity index is 1.53. The molecule has 0 radical (unpaired) electrons. The molecule has 2 N–H and O–H groups in total. The number of anilines is 2. The fourth-order valence-corrected chi connectivity index (χ4v) is 3.15. The van der Waals surface area contributed by atoms with Crippen molar-refractivity contribution in [3.63, 3.8) is 0 Å². The van der Waals surface area contributed by atoms with Gasteiger partial charge in [-0.15, -0.1) is 0 Å². The maximum atomic E-state index is 12.3. The molecule has 1 atom stereocenters. The number of amides is 3. The number of nitrogens with zero attached hydrogens (tertiary/aromatic N) is 1. The Morgan fingerprint density at radius 3 is 2.55 bits per heavy atom. The minimum Gasteiger partial charge on any atom is -0.497 e. The molecular weight excluding hydrogens is 374 g/mol. The Kier molecular flexibility index (Phi) is 6.33. The second-order valence-electron chi connectivity index (χ2n) is 6.70. The van der Waals surface area contributed by atoms with E-state index in [1.165, 1.54) is 6.92 Å². The standard InChI is InChI=1S/C21H23N3O5/c1-14(25)29-19-6-4-3-5-18(19)23-21(27)22-12-15-11-20(26)24(13-15)16-7-9-17(28-2)10-8-16/h3-10,15H,11-13H2,1-2H3,(H2,22,23,27). The summed E-state index contributed by atoms with van der Waals surface area (Å²) in [6.07, 6.45) is 0.357. The van der Waals surface area contributed by atoms with Crippen molar-refractivity contribution in [2.75, 3.05) is 30.4 Å². The van der Waals surface area contributed by atoms with Crippen LogP contribution in [0.2, 0.25) is 0 Å². The van der Waals surface area contributed by atoms with Gasteiger partial charge in [0.05, 0.1) is 12.8 Å². The number of para-hydroxylation sites is 2. The maximum Gasteiger partial charge on any atom is 0.319 e. The monoisotopic (exact) mass is 397 g/mol. The van der Waals surface area contributed by atoms with Crippen LogP contribution < -0.4 is 25.0 Å². The third-order valence-corrected chi connectivity index (χ3v) is 4.53. The van der Waals surface area contributed by atoms with Gasteiger partial charge in [-0.05, 0) is 36.4 Å². The molecule has 0 saturated carbocycles. The number of ether oxygens (including phenoxy) is 2. The van der Waals surface area contributed by atoms with Gasteiger partial charge in [-0.3, -0.25) is 9.59 Å². The fourth-order valence-electron chi connectivity index (χ4n) is 3.15. The van der Waals surface area contributed by atoms with E-state index in [4.69, 9.17) is 9.47 Å². The molecule has 1 heterocycles. The number of urea groups is 1. The number of nitrogens with one attached hydrogen (secondary N) is 2. The Labute approximate surface area is 168 Å². The van der Waals surface area contributed by atoms with Crippen molar-refractivity contribution >= 4 is 29.3 Å². The first kappa shape index (κ1) is 20.2. The van der Waals surface area contributed by atoms with Gasteiger partial charge >= 0.3 is 12.0 Å².